The maximum absolute atomic E-state index is 13.7. The minimum Gasteiger partial charge on any atom is -0.478 e. The van der Waals surface area contributed by atoms with Crippen LogP contribution in [0, 0.1) is 17.3 Å². The van der Waals surface area contributed by atoms with E-state index < -0.39 is 41.6 Å². The Kier molecular flexibility index (Phi) is 10.6. The number of anilines is 3. The number of nitrogens with zero attached hydrogens (tertiary/aromatic N) is 4. The molecule has 2 N–H and O–H groups in total. The number of carboxylic acids is 1. The predicted molar refractivity (Wildman–Crippen MR) is 180 cm³/mol. The third-order valence-corrected chi connectivity index (χ3v) is 10.5. The van der Waals surface area contributed by atoms with E-state index in [0.29, 0.717) is 11.1 Å². The molecule has 1 amide bonds. The Hall–Kier alpha value is -3.39. The molecule has 50 heavy (non-hydrogen) atoms. The van der Waals surface area contributed by atoms with Crippen molar-refractivity contribution in [3.63, 3.8) is 0 Å². The maximum atomic E-state index is 13.7. The number of amides is 1. The van der Waals surface area contributed by atoms with Gasteiger partial charge in [-0.3, -0.25) is 4.79 Å². The lowest BCUT2D eigenvalue weighted by Crippen LogP contribution is -2.39. The van der Waals surface area contributed by atoms with Gasteiger partial charge in [0.25, 0.3) is 0 Å². The van der Waals surface area contributed by atoms with E-state index in [0.717, 1.165) is 0 Å². The highest BCUT2D eigenvalue weighted by atomic mass is 35.5. The molecule has 3 aromatic rings. The number of aryl methyl sites for hydroxylation is 1. The molecule has 2 fully saturated rings. The van der Waals surface area contributed by atoms with Crippen LogP contribution in [-0.2, 0) is 18.4 Å². The Bertz CT molecular complexity index is 1760. The van der Waals surface area contributed by atoms with Crippen LogP contribution < -0.4 is 15.1 Å². The average molecular weight is 751 g/mol. The first-order valence-corrected chi connectivity index (χ1v) is 17.1. The summed E-state index contributed by atoms with van der Waals surface area (Å²) in [7, 11) is 1.66. The smallest absolute Gasteiger partial charge is 0.391 e. The number of fused-ring (bicyclic) bond motifs is 1. The van der Waals surface area contributed by atoms with Crippen molar-refractivity contribution < 1.29 is 41.0 Å². The number of benzene rings is 2. The summed E-state index contributed by atoms with van der Waals surface area (Å²) in [6.07, 6.45) is -9.13. The lowest BCUT2D eigenvalue weighted by atomic mass is 9.84. The van der Waals surface area contributed by atoms with Crippen molar-refractivity contribution >= 4 is 63.4 Å². The molecule has 1 saturated heterocycles. The number of imidazole rings is 1. The van der Waals surface area contributed by atoms with E-state index in [1.165, 1.54) is 6.07 Å². The van der Waals surface area contributed by atoms with Gasteiger partial charge < -0.3 is 24.8 Å². The molecule has 0 bridgehead atoms. The third kappa shape index (κ3) is 7.75. The molecule has 16 heteroatoms. The van der Waals surface area contributed by atoms with Gasteiger partial charge >= 0.3 is 18.3 Å². The minimum absolute atomic E-state index is 0.000989. The normalized spacial score (nSPS) is 19.6. The van der Waals surface area contributed by atoms with Gasteiger partial charge in [-0.2, -0.15) is 26.3 Å². The van der Waals surface area contributed by atoms with Gasteiger partial charge in [-0.1, -0.05) is 50.0 Å². The van der Waals surface area contributed by atoms with Crippen LogP contribution >= 0.6 is 23.2 Å². The van der Waals surface area contributed by atoms with E-state index in [-0.39, 0.29) is 103 Å². The average Bonchev–Trinajstić information content (AvgIpc) is 3.35. The lowest BCUT2D eigenvalue weighted by Gasteiger charge is -2.39. The highest BCUT2D eigenvalue weighted by Crippen LogP contribution is 2.47. The number of carboxylic acid groups (broad SMARTS) is 1. The Morgan fingerprint density at radius 3 is 2.06 bits per heavy atom. The summed E-state index contributed by atoms with van der Waals surface area (Å²) >= 11 is 13.8. The Balaban J connectivity index is 1.60. The first-order valence-electron chi connectivity index (χ1n) is 16.3. The second kappa shape index (κ2) is 14.0. The molecule has 1 aromatic heterocycles. The summed E-state index contributed by atoms with van der Waals surface area (Å²) in [4.78, 5) is 33.2. The largest absolute Gasteiger partial charge is 0.478 e. The van der Waals surface area contributed by atoms with Crippen LogP contribution in [0.1, 0.15) is 75.2 Å². The molecule has 0 unspecified atom stereocenters. The fraction of sp³-hybridized carbons (Fsp3) is 0.559. The number of carbonyl (C=O) groups excluding carboxylic acids is 1. The van der Waals surface area contributed by atoms with Gasteiger partial charge in [0.15, 0.2) is 0 Å². The number of hydrogen-bond acceptors (Lipinski definition) is 5. The summed E-state index contributed by atoms with van der Waals surface area (Å²) in [5.74, 6) is -4.24. The number of carbonyl (C=O) groups is 2. The van der Waals surface area contributed by atoms with Gasteiger partial charge in [0.05, 0.1) is 49.9 Å². The van der Waals surface area contributed by atoms with E-state index in [1.807, 2.05) is 0 Å². The summed E-state index contributed by atoms with van der Waals surface area (Å²) in [5.41, 5.74) is 0.908. The third-order valence-electron chi connectivity index (χ3n) is 9.75. The molecule has 2 heterocycles. The van der Waals surface area contributed by atoms with Crippen molar-refractivity contribution in [3.05, 3.63) is 45.4 Å². The van der Waals surface area contributed by atoms with Crippen LogP contribution in [-0.4, -0.2) is 58.0 Å². The number of halogens is 8. The van der Waals surface area contributed by atoms with Crippen molar-refractivity contribution in [1.29, 1.82) is 0 Å². The van der Waals surface area contributed by atoms with Crippen molar-refractivity contribution in [3.8, 4) is 0 Å². The molecule has 1 saturated carbocycles. The zero-order valence-electron chi connectivity index (χ0n) is 28.0. The molecule has 2 aliphatic rings. The minimum atomic E-state index is -4.35. The maximum Gasteiger partial charge on any atom is 0.391 e. The Labute approximate surface area is 295 Å². The molecule has 1 aliphatic heterocycles. The summed E-state index contributed by atoms with van der Waals surface area (Å²) in [6.45, 7) is 5.32. The van der Waals surface area contributed by atoms with E-state index in [9.17, 15) is 41.0 Å². The number of alkyl halides is 6. The second-order valence-electron chi connectivity index (χ2n) is 14.2. The highest BCUT2D eigenvalue weighted by molar-refractivity contribution is 6.40. The molecule has 1 aliphatic carbocycles. The van der Waals surface area contributed by atoms with Gasteiger partial charge in [-0.05, 0) is 62.3 Å². The molecule has 8 nitrogen and oxygen atoms in total. The van der Waals surface area contributed by atoms with Crippen molar-refractivity contribution in [2.24, 2.45) is 24.3 Å². The molecule has 5 rings (SSSR count). The summed E-state index contributed by atoms with van der Waals surface area (Å²) in [6, 6.07) is 5.62. The van der Waals surface area contributed by atoms with Gasteiger partial charge in [0.1, 0.15) is 0 Å². The molecular formula is C34H39Cl2F6N5O3. The Morgan fingerprint density at radius 1 is 0.940 bits per heavy atom. The van der Waals surface area contributed by atoms with Crippen molar-refractivity contribution in [2.75, 3.05) is 22.9 Å². The van der Waals surface area contributed by atoms with Gasteiger partial charge in [-0.15, -0.1) is 0 Å². The number of piperidine rings is 1. The highest BCUT2D eigenvalue weighted by Gasteiger charge is 2.44. The van der Waals surface area contributed by atoms with E-state index in [4.69, 9.17) is 28.2 Å². The number of nitrogens with one attached hydrogen (secondary N) is 1. The second-order valence-corrected chi connectivity index (χ2v) is 14.9. The topological polar surface area (TPSA) is 90.7 Å². The monoisotopic (exact) mass is 749 g/mol. The Morgan fingerprint density at radius 2 is 1.52 bits per heavy atom. The predicted octanol–water partition coefficient (Wildman–Crippen LogP) is 9.28. The van der Waals surface area contributed by atoms with E-state index in [1.54, 1.807) is 60.4 Å². The fourth-order valence-electron chi connectivity index (χ4n) is 6.80. The summed E-state index contributed by atoms with van der Waals surface area (Å²) < 4.78 is 82.9. The van der Waals surface area contributed by atoms with Crippen LogP contribution in [0.2, 0.25) is 10.0 Å². The van der Waals surface area contributed by atoms with E-state index >= 15 is 0 Å². The first kappa shape index (κ1) is 37.9. The van der Waals surface area contributed by atoms with Gasteiger partial charge in [-0.25, -0.2) is 9.78 Å². The molecule has 0 spiro atoms. The zero-order valence-corrected chi connectivity index (χ0v) is 29.5. The first-order chi connectivity index (χ1) is 23.2. The quantitative estimate of drug-likeness (QED) is 0.234. The number of rotatable bonds is 7. The van der Waals surface area contributed by atoms with Crippen molar-refractivity contribution in [1.82, 2.24) is 14.9 Å². The van der Waals surface area contributed by atoms with Gasteiger partial charge in [0, 0.05) is 38.1 Å². The van der Waals surface area contributed by atoms with Crippen molar-refractivity contribution in [2.45, 2.75) is 84.2 Å². The van der Waals surface area contributed by atoms with Crippen LogP contribution in [0.25, 0.3) is 11.0 Å². The number of aromatic carboxylic acids is 1. The zero-order chi connectivity index (χ0) is 36.9. The standard InChI is InChI=1S/C34H39Cl2F6N5O3/c1-32(2,3)30(50)43-17-18-5-10-23(35)28(27(18)36)47(21-8-6-19(7-9-21)33(37,38)39)31-44-24-15-22(29(48)49)25(16-26(24)45(31)4)46-13-11-20(12-14-46)34(40,41)42/h5,10,15-16,19-21H,6-9,11-14,17H2,1-4H3,(H,43,50)(H,48,49). The van der Waals surface area contributed by atoms with Gasteiger partial charge in [0.2, 0.25) is 11.9 Å². The fourth-order valence-corrected chi connectivity index (χ4v) is 7.42. The number of hydrogen-bond donors (Lipinski definition) is 2. The van der Waals surface area contributed by atoms with E-state index in [2.05, 4.69) is 5.32 Å². The lowest BCUT2D eigenvalue weighted by molar-refractivity contribution is -0.182. The SMILES string of the molecule is Cn1c(N(c2c(Cl)ccc(CNC(=O)C(C)(C)C)c2Cl)C2CCC(C(F)(F)F)CC2)nc2cc(C(=O)O)c(N3CCC(C(F)(F)F)CC3)cc21. The number of aromatic nitrogens is 2. The molecule has 274 valence electrons. The molecule has 0 radical (unpaired) electrons. The molecular weight excluding hydrogens is 711 g/mol. The molecule has 2 aromatic carbocycles. The van der Waals surface area contributed by atoms with Crippen LogP contribution in [0.3, 0.4) is 0 Å². The molecule has 0 atom stereocenters. The van der Waals surface area contributed by atoms with Crippen LogP contribution in [0.15, 0.2) is 24.3 Å². The van der Waals surface area contributed by atoms with Crippen LogP contribution in [0.5, 0.6) is 0 Å². The summed E-state index contributed by atoms with van der Waals surface area (Å²) in [5, 5.41) is 13.3. The van der Waals surface area contributed by atoms with Crippen LogP contribution in [0.4, 0.5) is 43.7 Å².